The molecular formula is C24H30N6O2S2. The maximum atomic E-state index is 12.4. The van der Waals surface area contributed by atoms with E-state index < -0.39 is 0 Å². The van der Waals surface area contributed by atoms with E-state index >= 15 is 0 Å². The highest BCUT2D eigenvalue weighted by Gasteiger charge is 2.25. The van der Waals surface area contributed by atoms with Crippen LogP contribution in [0.15, 0.2) is 34.8 Å². The van der Waals surface area contributed by atoms with E-state index in [4.69, 9.17) is 4.74 Å². The molecule has 1 aromatic carbocycles. The molecule has 5 rings (SSSR count). The second-order valence-corrected chi connectivity index (χ2v) is 10.7. The van der Waals surface area contributed by atoms with Crippen LogP contribution in [0, 0.1) is 6.92 Å². The number of nitrogens with one attached hydrogen (secondary N) is 1. The Morgan fingerprint density at radius 1 is 1.21 bits per heavy atom. The molecule has 2 aliphatic rings. The van der Waals surface area contributed by atoms with Gasteiger partial charge in [-0.2, -0.15) is 0 Å². The summed E-state index contributed by atoms with van der Waals surface area (Å²) in [7, 11) is 0. The first kappa shape index (κ1) is 23.3. The minimum atomic E-state index is -0.0519. The monoisotopic (exact) mass is 498 g/mol. The largest absolute Gasteiger partial charge is 0.376 e. The molecule has 1 N–H and O–H groups in total. The maximum absolute atomic E-state index is 12.4. The van der Waals surface area contributed by atoms with Gasteiger partial charge < -0.3 is 15.0 Å². The van der Waals surface area contributed by atoms with Crippen molar-refractivity contribution in [2.45, 2.75) is 62.6 Å². The van der Waals surface area contributed by atoms with Crippen LogP contribution in [0.1, 0.15) is 41.9 Å². The van der Waals surface area contributed by atoms with Crippen LogP contribution in [-0.4, -0.2) is 51.5 Å². The van der Waals surface area contributed by atoms with Crippen molar-refractivity contribution in [3.8, 4) is 0 Å². The zero-order valence-corrected chi connectivity index (χ0v) is 21.0. The Balaban J connectivity index is 1.20. The van der Waals surface area contributed by atoms with Crippen molar-refractivity contribution < 1.29 is 9.53 Å². The summed E-state index contributed by atoms with van der Waals surface area (Å²) in [6.07, 6.45) is 5.12. The predicted molar refractivity (Wildman–Crippen MR) is 136 cm³/mol. The van der Waals surface area contributed by atoms with Crippen LogP contribution in [-0.2, 0) is 28.2 Å². The minimum absolute atomic E-state index is 0.0519. The van der Waals surface area contributed by atoms with Crippen LogP contribution < -0.4 is 10.2 Å². The third-order valence-electron chi connectivity index (χ3n) is 6.09. The molecule has 34 heavy (non-hydrogen) atoms. The van der Waals surface area contributed by atoms with E-state index in [1.807, 2.05) is 36.6 Å². The number of benzene rings is 1. The third-order valence-corrected chi connectivity index (χ3v) is 7.99. The molecular weight excluding hydrogens is 468 g/mol. The number of nitrogens with zero attached hydrogens (tertiary/aromatic N) is 5. The Hall–Kier alpha value is -2.43. The molecule has 10 heteroatoms. The fourth-order valence-corrected chi connectivity index (χ4v) is 6.04. The van der Waals surface area contributed by atoms with Gasteiger partial charge in [-0.1, -0.05) is 29.5 Å². The van der Waals surface area contributed by atoms with Crippen molar-refractivity contribution in [1.82, 2.24) is 19.7 Å². The zero-order chi connectivity index (χ0) is 23.3. The van der Waals surface area contributed by atoms with E-state index in [2.05, 4.69) is 30.0 Å². The van der Waals surface area contributed by atoms with Gasteiger partial charge in [-0.3, -0.25) is 9.36 Å². The normalized spacial score (nSPS) is 18.0. The van der Waals surface area contributed by atoms with Crippen molar-refractivity contribution in [2.75, 3.05) is 29.9 Å². The van der Waals surface area contributed by atoms with Gasteiger partial charge in [-0.15, -0.1) is 21.5 Å². The summed E-state index contributed by atoms with van der Waals surface area (Å²) in [4.78, 5) is 19.4. The highest BCUT2D eigenvalue weighted by Crippen LogP contribution is 2.29. The van der Waals surface area contributed by atoms with Crippen LogP contribution in [0.3, 0.4) is 0 Å². The van der Waals surface area contributed by atoms with E-state index in [1.165, 1.54) is 29.7 Å². The summed E-state index contributed by atoms with van der Waals surface area (Å²) in [6.45, 7) is 5.73. The number of thiazole rings is 1. The van der Waals surface area contributed by atoms with Gasteiger partial charge in [0.25, 0.3) is 0 Å². The Bertz CT molecular complexity index is 1100. The number of aromatic nitrogens is 4. The molecule has 2 fully saturated rings. The Morgan fingerprint density at radius 3 is 2.79 bits per heavy atom. The van der Waals surface area contributed by atoms with E-state index in [-0.39, 0.29) is 18.4 Å². The molecule has 0 radical (unpaired) electrons. The van der Waals surface area contributed by atoms with Crippen molar-refractivity contribution in [2.24, 2.45) is 0 Å². The maximum Gasteiger partial charge on any atom is 0.231 e. The molecule has 0 spiro atoms. The average Bonchev–Trinajstić information content (AvgIpc) is 3.63. The molecule has 3 aromatic rings. The molecule has 180 valence electrons. The van der Waals surface area contributed by atoms with Crippen molar-refractivity contribution in [3.05, 3.63) is 45.9 Å². The minimum Gasteiger partial charge on any atom is -0.376 e. The SMILES string of the molecule is Cc1ccc(NC(=O)Cc2nc(CSc3nnc(N4CCCC4)n3C[C@H]3CCCO3)cs2)cc1. The lowest BCUT2D eigenvalue weighted by molar-refractivity contribution is -0.115. The highest BCUT2D eigenvalue weighted by molar-refractivity contribution is 7.98. The summed E-state index contributed by atoms with van der Waals surface area (Å²) in [5, 5.41) is 15.7. The van der Waals surface area contributed by atoms with Crippen molar-refractivity contribution in [1.29, 1.82) is 0 Å². The van der Waals surface area contributed by atoms with E-state index in [9.17, 15) is 4.79 Å². The first-order chi connectivity index (χ1) is 16.6. The molecule has 1 atom stereocenters. The number of ether oxygens (including phenoxy) is 1. The number of thioether (sulfide) groups is 1. The summed E-state index contributed by atoms with van der Waals surface area (Å²) in [5.74, 6) is 1.60. The van der Waals surface area contributed by atoms with Gasteiger partial charge in [0.05, 0.1) is 24.8 Å². The first-order valence-electron chi connectivity index (χ1n) is 11.9. The second-order valence-electron chi connectivity index (χ2n) is 8.83. The van der Waals surface area contributed by atoms with Crippen LogP contribution in [0.4, 0.5) is 11.6 Å². The van der Waals surface area contributed by atoms with Crippen LogP contribution in [0.5, 0.6) is 0 Å². The van der Waals surface area contributed by atoms with E-state index in [0.717, 1.165) is 66.6 Å². The molecule has 2 saturated heterocycles. The zero-order valence-electron chi connectivity index (χ0n) is 19.4. The molecule has 1 amide bonds. The molecule has 0 saturated carbocycles. The molecule has 0 bridgehead atoms. The second kappa shape index (κ2) is 10.9. The molecule has 4 heterocycles. The standard InChI is InChI=1S/C24H30N6O2S2/c1-17-6-8-18(9-7-17)25-21(31)13-22-26-19(15-33-22)16-34-24-28-27-23(29-10-2-3-11-29)30(24)14-20-5-4-12-32-20/h6-9,15,20H,2-5,10-14,16H2,1H3,(H,25,31)/t20-/m1/s1. The highest BCUT2D eigenvalue weighted by atomic mass is 32.2. The van der Waals surface area contributed by atoms with Gasteiger partial charge in [-0.25, -0.2) is 4.98 Å². The molecule has 8 nitrogen and oxygen atoms in total. The Labute approximate surface area is 208 Å². The lowest BCUT2D eigenvalue weighted by Crippen LogP contribution is -2.25. The third kappa shape index (κ3) is 5.79. The molecule has 0 aliphatic carbocycles. The van der Waals surface area contributed by atoms with Gasteiger partial charge >= 0.3 is 0 Å². The van der Waals surface area contributed by atoms with Crippen LogP contribution >= 0.6 is 23.1 Å². The van der Waals surface area contributed by atoms with Crippen LogP contribution in [0.2, 0.25) is 0 Å². The Morgan fingerprint density at radius 2 is 2.03 bits per heavy atom. The number of anilines is 2. The Kier molecular flexibility index (Phi) is 7.46. The topological polar surface area (TPSA) is 85.2 Å². The number of carbonyl (C=O) groups is 1. The van der Waals surface area contributed by atoms with Crippen molar-refractivity contribution in [3.63, 3.8) is 0 Å². The number of carbonyl (C=O) groups excluding carboxylic acids is 1. The van der Waals surface area contributed by atoms with E-state index in [0.29, 0.717) is 5.75 Å². The summed E-state index contributed by atoms with van der Waals surface area (Å²) < 4.78 is 8.13. The number of aryl methyl sites for hydroxylation is 1. The van der Waals surface area contributed by atoms with Gasteiger partial charge in [0.15, 0.2) is 5.16 Å². The first-order valence-corrected chi connectivity index (χ1v) is 13.7. The van der Waals surface area contributed by atoms with Gasteiger partial charge in [0.2, 0.25) is 11.9 Å². The number of hydrogen-bond donors (Lipinski definition) is 1. The van der Waals surface area contributed by atoms with Gasteiger partial charge in [0.1, 0.15) is 5.01 Å². The predicted octanol–water partition coefficient (Wildman–Crippen LogP) is 4.30. The lowest BCUT2D eigenvalue weighted by atomic mass is 10.2. The average molecular weight is 499 g/mol. The number of hydrogen-bond acceptors (Lipinski definition) is 8. The molecule has 2 aromatic heterocycles. The molecule has 2 aliphatic heterocycles. The molecule has 0 unspecified atom stereocenters. The van der Waals surface area contributed by atoms with Gasteiger partial charge in [-0.05, 0) is 44.7 Å². The van der Waals surface area contributed by atoms with Crippen molar-refractivity contribution >= 4 is 40.6 Å². The summed E-state index contributed by atoms with van der Waals surface area (Å²) in [6, 6.07) is 7.81. The summed E-state index contributed by atoms with van der Waals surface area (Å²) >= 11 is 3.18. The lowest BCUT2D eigenvalue weighted by Gasteiger charge is -2.20. The van der Waals surface area contributed by atoms with Gasteiger partial charge in [0, 0.05) is 36.5 Å². The number of rotatable bonds is 9. The van der Waals surface area contributed by atoms with Crippen LogP contribution in [0.25, 0.3) is 0 Å². The smallest absolute Gasteiger partial charge is 0.231 e. The fourth-order valence-electron chi connectivity index (χ4n) is 4.30. The number of amides is 1. The van der Waals surface area contributed by atoms with E-state index in [1.54, 1.807) is 11.8 Å². The summed E-state index contributed by atoms with van der Waals surface area (Å²) in [5.41, 5.74) is 2.93. The fraction of sp³-hybridized carbons (Fsp3) is 0.500. The quantitative estimate of drug-likeness (QED) is 0.440.